The van der Waals surface area contributed by atoms with E-state index in [0.717, 1.165) is 0 Å². The zero-order chi connectivity index (χ0) is 16.2. The molecule has 1 aromatic heterocycles. The molecule has 1 aromatic rings. The first-order valence-electron chi connectivity index (χ1n) is 5.52. The van der Waals surface area contributed by atoms with E-state index in [1.807, 2.05) is 0 Å². The standard InChI is InChI=1S/C11H9F5INO3/c1-2-20-7(19)4-5-3-6(21-11(14,15)16)8(9(12)13)10(17)18-5/h3,9H,2,4H2,1H3. The molecule has 118 valence electrons. The van der Waals surface area contributed by atoms with Gasteiger partial charge in [0.15, 0.2) is 0 Å². The second-order valence-corrected chi connectivity index (χ2v) is 4.67. The predicted octanol–water partition coefficient (Wildman–Crippen LogP) is 3.63. The third-order valence-electron chi connectivity index (χ3n) is 2.10. The summed E-state index contributed by atoms with van der Waals surface area (Å²) in [6, 6.07) is 0.661. The SMILES string of the molecule is CCOC(=O)Cc1cc(OC(F)(F)F)c(C(F)F)c(I)n1. The van der Waals surface area contributed by atoms with Crippen molar-refractivity contribution in [2.24, 2.45) is 0 Å². The van der Waals surface area contributed by atoms with Crippen LogP contribution in [0.5, 0.6) is 5.75 Å². The van der Waals surface area contributed by atoms with Gasteiger partial charge >= 0.3 is 12.3 Å². The Labute approximate surface area is 129 Å². The Morgan fingerprint density at radius 2 is 2.05 bits per heavy atom. The summed E-state index contributed by atoms with van der Waals surface area (Å²) in [5.41, 5.74) is -1.12. The summed E-state index contributed by atoms with van der Waals surface area (Å²) in [4.78, 5) is 14.9. The predicted molar refractivity (Wildman–Crippen MR) is 68.9 cm³/mol. The lowest BCUT2D eigenvalue weighted by Gasteiger charge is -2.15. The van der Waals surface area contributed by atoms with Crippen LogP contribution >= 0.6 is 22.6 Å². The number of ether oxygens (including phenoxy) is 2. The van der Waals surface area contributed by atoms with Gasteiger partial charge in [0.1, 0.15) is 9.45 Å². The molecule has 0 fully saturated rings. The van der Waals surface area contributed by atoms with Crippen LogP contribution in [-0.2, 0) is 16.0 Å². The Kier molecular flexibility index (Phi) is 6.10. The van der Waals surface area contributed by atoms with E-state index in [1.165, 1.54) is 22.6 Å². The van der Waals surface area contributed by atoms with Crippen molar-refractivity contribution in [3.8, 4) is 5.75 Å². The van der Waals surface area contributed by atoms with Crippen molar-refractivity contribution < 1.29 is 36.2 Å². The van der Waals surface area contributed by atoms with Crippen molar-refractivity contribution in [3.05, 3.63) is 21.0 Å². The van der Waals surface area contributed by atoms with Crippen LogP contribution in [0.1, 0.15) is 24.6 Å². The van der Waals surface area contributed by atoms with Gasteiger partial charge in [-0.05, 0) is 29.5 Å². The first kappa shape index (κ1) is 17.9. The summed E-state index contributed by atoms with van der Waals surface area (Å²) < 4.78 is 70.2. The first-order valence-corrected chi connectivity index (χ1v) is 6.60. The highest BCUT2D eigenvalue weighted by Gasteiger charge is 2.34. The monoisotopic (exact) mass is 425 g/mol. The summed E-state index contributed by atoms with van der Waals surface area (Å²) in [6.45, 7) is 1.63. The fourth-order valence-corrected chi connectivity index (χ4v) is 2.22. The smallest absolute Gasteiger partial charge is 0.466 e. The maximum absolute atomic E-state index is 12.8. The summed E-state index contributed by atoms with van der Waals surface area (Å²) in [5.74, 6) is -1.81. The molecule has 0 saturated carbocycles. The molecule has 0 unspecified atom stereocenters. The Hall–Kier alpha value is -1.20. The number of carbonyl (C=O) groups is 1. The molecule has 0 aliphatic rings. The molecule has 10 heteroatoms. The minimum Gasteiger partial charge on any atom is -0.466 e. The molecule has 0 bridgehead atoms. The lowest BCUT2D eigenvalue weighted by atomic mass is 10.2. The van der Waals surface area contributed by atoms with Crippen LogP contribution in [0, 0.1) is 3.70 Å². The molecule has 0 N–H and O–H groups in total. The second kappa shape index (κ2) is 7.18. The van der Waals surface area contributed by atoms with Crippen molar-refractivity contribution in [1.29, 1.82) is 0 Å². The second-order valence-electron chi connectivity index (χ2n) is 3.65. The number of carbonyl (C=O) groups excluding carboxylic acids is 1. The lowest BCUT2D eigenvalue weighted by Crippen LogP contribution is -2.19. The van der Waals surface area contributed by atoms with Gasteiger partial charge in [-0.25, -0.2) is 13.8 Å². The van der Waals surface area contributed by atoms with Crippen molar-refractivity contribution >= 4 is 28.6 Å². The Morgan fingerprint density at radius 1 is 1.43 bits per heavy atom. The van der Waals surface area contributed by atoms with Gasteiger partial charge in [-0.15, -0.1) is 13.2 Å². The van der Waals surface area contributed by atoms with Gasteiger partial charge in [0, 0.05) is 6.07 Å². The summed E-state index contributed by atoms with van der Waals surface area (Å²) in [7, 11) is 0. The summed E-state index contributed by atoms with van der Waals surface area (Å²) in [5, 5.41) is 0. The van der Waals surface area contributed by atoms with E-state index in [1.54, 1.807) is 6.92 Å². The molecular weight excluding hydrogens is 416 g/mol. The van der Waals surface area contributed by atoms with E-state index in [4.69, 9.17) is 0 Å². The van der Waals surface area contributed by atoms with Crippen LogP contribution in [-0.4, -0.2) is 23.9 Å². The third kappa shape index (κ3) is 5.59. The van der Waals surface area contributed by atoms with Crippen LogP contribution in [0.15, 0.2) is 6.07 Å². The van der Waals surface area contributed by atoms with E-state index in [9.17, 15) is 26.7 Å². The molecule has 4 nitrogen and oxygen atoms in total. The van der Waals surface area contributed by atoms with E-state index in [2.05, 4.69) is 14.5 Å². The lowest BCUT2D eigenvalue weighted by molar-refractivity contribution is -0.275. The molecule has 21 heavy (non-hydrogen) atoms. The van der Waals surface area contributed by atoms with Gasteiger partial charge in [-0.3, -0.25) is 4.79 Å². The van der Waals surface area contributed by atoms with Crippen molar-refractivity contribution in [2.45, 2.75) is 26.1 Å². The average molecular weight is 425 g/mol. The minimum absolute atomic E-state index is 0.0803. The molecular formula is C11H9F5INO3. The van der Waals surface area contributed by atoms with Gasteiger partial charge in [0.05, 0.1) is 24.3 Å². The quantitative estimate of drug-likeness (QED) is 0.313. The summed E-state index contributed by atoms with van der Waals surface area (Å²) >= 11 is 1.36. The van der Waals surface area contributed by atoms with Crippen LogP contribution in [0.3, 0.4) is 0 Å². The van der Waals surface area contributed by atoms with E-state index in [0.29, 0.717) is 6.07 Å². The number of aromatic nitrogens is 1. The van der Waals surface area contributed by atoms with Gasteiger partial charge < -0.3 is 9.47 Å². The molecule has 0 spiro atoms. The van der Waals surface area contributed by atoms with Crippen LogP contribution < -0.4 is 4.74 Å². The maximum Gasteiger partial charge on any atom is 0.573 e. The molecule has 0 radical (unpaired) electrons. The minimum atomic E-state index is -5.13. The highest BCUT2D eigenvalue weighted by Crippen LogP contribution is 2.36. The van der Waals surface area contributed by atoms with Crippen molar-refractivity contribution in [1.82, 2.24) is 4.98 Å². The number of nitrogens with zero attached hydrogens (tertiary/aromatic N) is 1. The number of hydrogen-bond acceptors (Lipinski definition) is 4. The molecule has 1 rings (SSSR count). The fourth-order valence-electron chi connectivity index (χ4n) is 1.41. The number of pyridine rings is 1. The largest absolute Gasteiger partial charge is 0.573 e. The molecule has 1 heterocycles. The normalized spacial score (nSPS) is 11.6. The van der Waals surface area contributed by atoms with Crippen molar-refractivity contribution in [2.75, 3.05) is 6.61 Å². The number of alkyl halides is 5. The van der Waals surface area contributed by atoms with Crippen LogP contribution in [0.2, 0.25) is 0 Å². The molecule has 0 aliphatic carbocycles. The molecule has 0 aromatic carbocycles. The topological polar surface area (TPSA) is 48.4 Å². The zero-order valence-electron chi connectivity index (χ0n) is 10.5. The van der Waals surface area contributed by atoms with Crippen LogP contribution in [0.25, 0.3) is 0 Å². The van der Waals surface area contributed by atoms with Gasteiger partial charge in [-0.2, -0.15) is 0 Å². The molecule has 0 aliphatic heterocycles. The number of rotatable bonds is 5. The Bertz CT molecular complexity index is 521. The number of esters is 1. The zero-order valence-corrected chi connectivity index (χ0v) is 12.7. The van der Waals surface area contributed by atoms with Gasteiger partial charge in [0.2, 0.25) is 0 Å². The van der Waals surface area contributed by atoms with E-state index < -0.39 is 36.5 Å². The highest BCUT2D eigenvalue weighted by atomic mass is 127. The summed E-state index contributed by atoms with van der Waals surface area (Å²) in [6.07, 6.45) is -8.77. The van der Waals surface area contributed by atoms with Gasteiger partial charge in [0.25, 0.3) is 6.43 Å². The van der Waals surface area contributed by atoms with Gasteiger partial charge in [-0.1, -0.05) is 0 Å². The van der Waals surface area contributed by atoms with Crippen LogP contribution in [0.4, 0.5) is 22.0 Å². The number of hydrogen-bond donors (Lipinski definition) is 0. The molecule has 0 saturated heterocycles. The Balaban J connectivity index is 3.17. The fraction of sp³-hybridized carbons (Fsp3) is 0.455. The van der Waals surface area contributed by atoms with Crippen molar-refractivity contribution in [3.63, 3.8) is 0 Å². The Morgan fingerprint density at radius 3 is 2.52 bits per heavy atom. The first-order chi connectivity index (χ1) is 9.64. The molecule has 0 amide bonds. The highest BCUT2D eigenvalue weighted by molar-refractivity contribution is 14.1. The number of halogens is 6. The molecule has 0 atom stereocenters. The van der Waals surface area contributed by atoms with E-state index in [-0.39, 0.29) is 16.0 Å². The third-order valence-corrected chi connectivity index (χ3v) is 2.92. The van der Waals surface area contributed by atoms with E-state index >= 15 is 0 Å². The average Bonchev–Trinajstić information content (AvgIpc) is 2.24. The maximum atomic E-state index is 12.8.